The van der Waals surface area contributed by atoms with E-state index in [1.165, 1.54) is 37.7 Å². The summed E-state index contributed by atoms with van der Waals surface area (Å²) in [6, 6.07) is 4.13. The second kappa shape index (κ2) is 4.88. The monoisotopic (exact) mass is 246 g/mol. The number of hydrogen-bond acceptors (Lipinski definition) is 3. The molecule has 0 radical (unpaired) electrons. The fraction of sp³-hybridized carbons (Fsp3) is 0.667. The standard InChI is InChI=1S/C15H22N2O/c16-14-13(5-4-9-17-14)12-6-10-18-15(11-12)7-2-1-3-8-15/h4-5,9,12H,1-3,6-8,10-11H2,(H2,16,17). The first kappa shape index (κ1) is 12.0. The molecule has 0 bridgehead atoms. The number of pyridine rings is 1. The van der Waals surface area contributed by atoms with Gasteiger partial charge < -0.3 is 10.5 Å². The molecule has 1 saturated carbocycles. The lowest BCUT2D eigenvalue weighted by atomic mass is 9.74. The Morgan fingerprint density at radius 3 is 2.89 bits per heavy atom. The molecule has 3 heteroatoms. The molecule has 0 aromatic carbocycles. The summed E-state index contributed by atoms with van der Waals surface area (Å²) in [5.41, 5.74) is 7.39. The molecule has 3 rings (SSSR count). The van der Waals surface area contributed by atoms with E-state index in [4.69, 9.17) is 10.5 Å². The van der Waals surface area contributed by atoms with Crippen molar-refractivity contribution in [3.8, 4) is 0 Å². The van der Waals surface area contributed by atoms with E-state index >= 15 is 0 Å². The summed E-state index contributed by atoms with van der Waals surface area (Å²) in [6.45, 7) is 0.874. The molecule has 1 unspecified atom stereocenters. The highest BCUT2D eigenvalue weighted by Crippen LogP contribution is 2.44. The molecule has 1 spiro atoms. The Balaban J connectivity index is 1.80. The van der Waals surface area contributed by atoms with Gasteiger partial charge in [-0.2, -0.15) is 0 Å². The molecule has 1 aliphatic heterocycles. The lowest BCUT2D eigenvalue weighted by molar-refractivity contribution is -0.106. The van der Waals surface area contributed by atoms with Crippen molar-refractivity contribution in [3.05, 3.63) is 23.9 Å². The van der Waals surface area contributed by atoms with Gasteiger partial charge in [-0.3, -0.25) is 0 Å². The lowest BCUT2D eigenvalue weighted by Crippen LogP contribution is -2.40. The van der Waals surface area contributed by atoms with Crippen LogP contribution in [-0.4, -0.2) is 17.2 Å². The second-order valence-corrected chi connectivity index (χ2v) is 5.76. The van der Waals surface area contributed by atoms with Crippen molar-refractivity contribution < 1.29 is 4.74 Å². The van der Waals surface area contributed by atoms with E-state index in [9.17, 15) is 0 Å². The van der Waals surface area contributed by atoms with Crippen LogP contribution in [0.1, 0.15) is 56.4 Å². The van der Waals surface area contributed by atoms with Gasteiger partial charge in [0.25, 0.3) is 0 Å². The third-order valence-corrected chi connectivity index (χ3v) is 4.57. The first-order valence-electron chi connectivity index (χ1n) is 7.13. The number of aromatic nitrogens is 1. The number of nitrogens with zero attached hydrogens (tertiary/aromatic N) is 1. The minimum absolute atomic E-state index is 0.142. The van der Waals surface area contributed by atoms with E-state index in [2.05, 4.69) is 11.1 Å². The summed E-state index contributed by atoms with van der Waals surface area (Å²) >= 11 is 0. The number of hydrogen-bond donors (Lipinski definition) is 1. The van der Waals surface area contributed by atoms with Crippen molar-refractivity contribution >= 4 is 5.82 Å². The van der Waals surface area contributed by atoms with Crippen LogP contribution in [0.25, 0.3) is 0 Å². The number of anilines is 1. The number of rotatable bonds is 1. The Bertz CT molecular complexity index is 407. The molecule has 2 aliphatic rings. The number of nitrogen functional groups attached to an aromatic ring is 1. The number of ether oxygens (including phenoxy) is 1. The zero-order valence-corrected chi connectivity index (χ0v) is 10.9. The summed E-state index contributed by atoms with van der Waals surface area (Å²) in [5.74, 6) is 1.24. The molecule has 2 heterocycles. The van der Waals surface area contributed by atoms with Gasteiger partial charge in [-0.25, -0.2) is 4.98 Å². The van der Waals surface area contributed by atoms with Crippen molar-refractivity contribution in [2.24, 2.45) is 0 Å². The van der Waals surface area contributed by atoms with E-state index in [1.54, 1.807) is 6.20 Å². The van der Waals surface area contributed by atoms with Crippen molar-refractivity contribution in [3.63, 3.8) is 0 Å². The maximum atomic E-state index is 6.14. The van der Waals surface area contributed by atoms with Crippen LogP contribution in [0.2, 0.25) is 0 Å². The second-order valence-electron chi connectivity index (χ2n) is 5.76. The van der Waals surface area contributed by atoms with Gasteiger partial charge in [0.15, 0.2) is 0 Å². The summed E-state index contributed by atoms with van der Waals surface area (Å²) in [4.78, 5) is 4.22. The molecular weight excluding hydrogens is 224 g/mol. The average molecular weight is 246 g/mol. The van der Waals surface area contributed by atoms with Crippen molar-refractivity contribution in [1.29, 1.82) is 0 Å². The van der Waals surface area contributed by atoms with Gasteiger partial charge in [0.05, 0.1) is 5.60 Å². The Morgan fingerprint density at radius 2 is 2.11 bits per heavy atom. The molecular formula is C15H22N2O. The summed E-state index contributed by atoms with van der Waals surface area (Å²) < 4.78 is 6.14. The fourth-order valence-corrected chi connectivity index (χ4v) is 3.61. The zero-order valence-electron chi connectivity index (χ0n) is 10.9. The molecule has 2 N–H and O–H groups in total. The van der Waals surface area contributed by atoms with Crippen LogP contribution in [0.15, 0.2) is 18.3 Å². The average Bonchev–Trinajstić information content (AvgIpc) is 2.40. The highest BCUT2D eigenvalue weighted by Gasteiger charge is 2.39. The van der Waals surface area contributed by atoms with E-state index in [1.807, 2.05) is 6.07 Å². The van der Waals surface area contributed by atoms with E-state index < -0.39 is 0 Å². The predicted octanol–water partition coefficient (Wildman–Crippen LogP) is 3.26. The molecule has 1 saturated heterocycles. The molecule has 1 aliphatic carbocycles. The quantitative estimate of drug-likeness (QED) is 0.827. The van der Waals surface area contributed by atoms with E-state index in [0.717, 1.165) is 19.4 Å². The number of nitrogens with two attached hydrogens (primary N) is 1. The molecule has 1 aromatic rings. The fourth-order valence-electron chi connectivity index (χ4n) is 3.61. The highest BCUT2D eigenvalue weighted by molar-refractivity contribution is 5.41. The Morgan fingerprint density at radius 1 is 1.28 bits per heavy atom. The summed E-state index contributed by atoms with van der Waals surface area (Å²) in [7, 11) is 0. The predicted molar refractivity (Wildman–Crippen MR) is 72.4 cm³/mol. The van der Waals surface area contributed by atoms with Gasteiger partial charge in [0.1, 0.15) is 5.82 Å². The van der Waals surface area contributed by atoms with Crippen LogP contribution in [0, 0.1) is 0 Å². The third-order valence-electron chi connectivity index (χ3n) is 4.57. The normalized spacial score (nSPS) is 27.2. The SMILES string of the molecule is Nc1ncccc1C1CCOC2(CCCCC2)C1. The van der Waals surface area contributed by atoms with Crippen LogP contribution in [-0.2, 0) is 4.74 Å². The van der Waals surface area contributed by atoms with Crippen LogP contribution in [0.4, 0.5) is 5.82 Å². The van der Waals surface area contributed by atoms with Crippen LogP contribution < -0.4 is 5.73 Å². The van der Waals surface area contributed by atoms with Gasteiger partial charge in [-0.05, 0) is 43.2 Å². The van der Waals surface area contributed by atoms with Crippen molar-refractivity contribution in [2.45, 2.75) is 56.5 Å². The van der Waals surface area contributed by atoms with Crippen LogP contribution >= 0.6 is 0 Å². The highest BCUT2D eigenvalue weighted by atomic mass is 16.5. The summed E-state index contributed by atoms with van der Waals surface area (Å²) in [5, 5.41) is 0. The largest absolute Gasteiger partial charge is 0.383 e. The van der Waals surface area contributed by atoms with Gasteiger partial charge >= 0.3 is 0 Å². The van der Waals surface area contributed by atoms with E-state index in [0.29, 0.717) is 11.7 Å². The van der Waals surface area contributed by atoms with Crippen LogP contribution in [0.5, 0.6) is 0 Å². The van der Waals surface area contributed by atoms with E-state index in [-0.39, 0.29) is 5.60 Å². The first-order chi connectivity index (χ1) is 8.79. The topological polar surface area (TPSA) is 48.1 Å². The maximum absolute atomic E-state index is 6.14. The van der Waals surface area contributed by atoms with Crippen molar-refractivity contribution in [1.82, 2.24) is 4.98 Å². The van der Waals surface area contributed by atoms with Gasteiger partial charge in [0, 0.05) is 12.8 Å². The van der Waals surface area contributed by atoms with Gasteiger partial charge in [-0.1, -0.05) is 25.3 Å². The molecule has 3 nitrogen and oxygen atoms in total. The zero-order chi connectivity index (χ0) is 12.4. The molecule has 1 aromatic heterocycles. The lowest BCUT2D eigenvalue weighted by Gasteiger charge is -2.43. The minimum atomic E-state index is 0.142. The first-order valence-corrected chi connectivity index (χ1v) is 7.13. The van der Waals surface area contributed by atoms with Crippen LogP contribution in [0.3, 0.4) is 0 Å². The Hall–Kier alpha value is -1.09. The molecule has 1 atom stereocenters. The molecule has 18 heavy (non-hydrogen) atoms. The minimum Gasteiger partial charge on any atom is -0.383 e. The molecule has 98 valence electrons. The molecule has 2 fully saturated rings. The van der Waals surface area contributed by atoms with Gasteiger partial charge in [-0.15, -0.1) is 0 Å². The Kier molecular flexibility index (Phi) is 3.25. The molecule has 0 amide bonds. The van der Waals surface area contributed by atoms with Crippen molar-refractivity contribution in [2.75, 3.05) is 12.3 Å². The smallest absolute Gasteiger partial charge is 0.126 e. The third kappa shape index (κ3) is 2.24. The van der Waals surface area contributed by atoms with Gasteiger partial charge in [0.2, 0.25) is 0 Å². The summed E-state index contributed by atoms with van der Waals surface area (Å²) in [6.07, 6.45) is 10.4. The maximum Gasteiger partial charge on any atom is 0.126 e. The Labute approximate surface area is 109 Å².